The highest BCUT2D eigenvalue weighted by Crippen LogP contribution is 2.32. The first-order chi connectivity index (χ1) is 20.8. The molecule has 2 N–H and O–H groups in total. The SMILES string of the molecule is Cc1noc(C(Cc2ccc(-c3ccc(S(C)(=O)=O)cc3)cc2)NC(=O)c2cc(-c3ccc(C(F)(F)F)cc3)ccc2O)n1. The summed E-state index contributed by atoms with van der Waals surface area (Å²) in [7, 11) is -3.31. The highest BCUT2D eigenvalue weighted by molar-refractivity contribution is 7.90. The molecule has 0 bridgehead atoms. The Bertz CT molecular complexity index is 1900. The molecule has 12 heteroatoms. The van der Waals surface area contributed by atoms with E-state index in [0.717, 1.165) is 35.1 Å². The van der Waals surface area contributed by atoms with Crippen molar-refractivity contribution >= 4 is 15.7 Å². The largest absolute Gasteiger partial charge is 0.507 e. The number of amides is 1. The van der Waals surface area contributed by atoms with Gasteiger partial charge in [-0.15, -0.1) is 0 Å². The summed E-state index contributed by atoms with van der Waals surface area (Å²) in [5.41, 5.74) is 2.47. The van der Waals surface area contributed by atoms with Crippen molar-refractivity contribution in [1.82, 2.24) is 15.5 Å². The number of carbonyl (C=O) groups excluding carboxylic acids is 1. The Kier molecular flexibility index (Phi) is 8.29. The lowest BCUT2D eigenvalue weighted by molar-refractivity contribution is -0.137. The predicted octanol–water partition coefficient (Wildman–Crippen LogP) is 6.55. The lowest BCUT2D eigenvalue weighted by atomic mass is 9.99. The number of benzene rings is 4. The molecule has 0 aliphatic carbocycles. The highest BCUT2D eigenvalue weighted by atomic mass is 32.2. The van der Waals surface area contributed by atoms with Crippen molar-refractivity contribution in [3.8, 4) is 28.0 Å². The van der Waals surface area contributed by atoms with E-state index in [4.69, 9.17) is 4.52 Å². The van der Waals surface area contributed by atoms with Gasteiger partial charge in [0, 0.05) is 12.7 Å². The van der Waals surface area contributed by atoms with E-state index in [-0.39, 0.29) is 28.5 Å². The fourth-order valence-corrected chi connectivity index (χ4v) is 5.23. The van der Waals surface area contributed by atoms with E-state index in [9.17, 15) is 31.5 Å². The summed E-state index contributed by atoms with van der Waals surface area (Å²) in [5, 5.41) is 17.1. The van der Waals surface area contributed by atoms with Crippen LogP contribution in [-0.4, -0.2) is 35.8 Å². The number of aromatic hydroxyl groups is 1. The van der Waals surface area contributed by atoms with Crippen LogP contribution in [0.15, 0.2) is 100 Å². The van der Waals surface area contributed by atoms with Crippen LogP contribution < -0.4 is 5.32 Å². The van der Waals surface area contributed by atoms with Gasteiger partial charge < -0.3 is 14.9 Å². The second-order valence-electron chi connectivity index (χ2n) is 10.2. The van der Waals surface area contributed by atoms with Gasteiger partial charge in [-0.25, -0.2) is 8.42 Å². The first-order valence-corrected chi connectivity index (χ1v) is 15.2. The molecule has 1 atom stereocenters. The topological polar surface area (TPSA) is 122 Å². The summed E-state index contributed by atoms with van der Waals surface area (Å²) in [4.78, 5) is 17.9. The second-order valence-corrected chi connectivity index (χ2v) is 12.2. The quantitative estimate of drug-likeness (QED) is 0.201. The number of carbonyl (C=O) groups is 1. The van der Waals surface area contributed by atoms with E-state index >= 15 is 0 Å². The Labute approximate surface area is 251 Å². The molecule has 0 radical (unpaired) electrons. The number of sulfone groups is 1. The van der Waals surface area contributed by atoms with Crippen LogP contribution in [0.1, 0.15) is 39.2 Å². The summed E-state index contributed by atoms with van der Waals surface area (Å²) in [5.74, 6) is -0.460. The zero-order valence-electron chi connectivity index (χ0n) is 23.5. The van der Waals surface area contributed by atoms with Gasteiger partial charge in [0.2, 0.25) is 5.89 Å². The molecule has 5 aromatic rings. The molecule has 1 heterocycles. The van der Waals surface area contributed by atoms with Crippen LogP contribution in [0, 0.1) is 6.92 Å². The van der Waals surface area contributed by atoms with Crippen molar-refractivity contribution in [2.75, 3.05) is 6.26 Å². The average molecular weight is 622 g/mol. The molecule has 226 valence electrons. The fraction of sp³-hybridized carbons (Fsp3) is 0.156. The first-order valence-electron chi connectivity index (χ1n) is 13.3. The van der Waals surface area contributed by atoms with Crippen molar-refractivity contribution in [2.45, 2.75) is 30.5 Å². The number of phenols is 1. The fourth-order valence-electron chi connectivity index (χ4n) is 4.60. The third-order valence-electron chi connectivity index (χ3n) is 6.94. The summed E-state index contributed by atoms with van der Waals surface area (Å²) in [6.45, 7) is 1.63. The predicted molar refractivity (Wildman–Crippen MR) is 156 cm³/mol. The lowest BCUT2D eigenvalue weighted by Gasteiger charge is -2.17. The molecule has 4 aromatic carbocycles. The van der Waals surface area contributed by atoms with Crippen molar-refractivity contribution < 1.29 is 36.0 Å². The number of hydrogen-bond acceptors (Lipinski definition) is 7. The normalized spacial score (nSPS) is 12.6. The van der Waals surface area contributed by atoms with E-state index < -0.39 is 33.5 Å². The highest BCUT2D eigenvalue weighted by Gasteiger charge is 2.30. The van der Waals surface area contributed by atoms with Crippen LogP contribution in [0.2, 0.25) is 0 Å². The minimum atomic E-state index is -4.48. The number of rotatable bonds is 8. The van der Waals surface area contributed by atoms with Crippen LogP contribution in [0.3, 0.4) is 0 Å². The van der Waals surface area contributed by atoms with Gasteiger partial charge in [0.05, 0.1) is 16.0 Å². The van der Waals surface area contributed by atoms with E-state index in [1.807, 2.05) is 24.3 Å². The van der Waals surface area contributed by atoms with Crippen LogP contribution in [0.5, 0.6) is 5.75 Å². The van der Waals surface area contributed by atoms with Gasteiger partial charge in [-0.3, -0.25) is 4.79 Å². The maximum atomic E-state index is 13.4. The minimum absolute atomic E-state index is 0.0866. The van der Waals surface area contributed by atoms with E-state index in [1.165, 1.54) is 30.3 Å². The first kappa shape index (κ1) is 30.5. The Morgan fingerprint density at radius 1 is 0.886 bits per heavy atom. The third kappa shape index (κ3) is 6.97. The Hall–Kier alpha value is -4.97. The number of phenolic OH excluding ortho intramolecular Hbond substituents is 1. The molecule has 8 nitrogen and oxygen atoms in total. The molecular weight excluding hydrogens is 595 g/mol. The zero-order chi connectivity index (χ0) is 31.6. The number of hydrogen-bond donors (Lipinski definition) is 2. The van der Waals surface area contributed by atoms with E-state index in [2.05, 4.69) is 15.5 Å². The Balaban J connectivity index is 1.37. The van der Waals surface area contributed by atoms with Gasteiger partial charge in [0.1, 0.15) is 11.8 Å². The van der Waals surface area contributed by atoms with Gasteiger partial charge in [-0.1, -0.05) is 59.8 Å². The van der Waals surface area contributed by atoms with Crippen LogP contribution >= 0.6 is 0 Å². The molecule has 5 rings (SSSR count). The number of alkyl halides is 3. The molecule has 0 saturated carbocycles. The summed E-state index contributed by atoms with van der Waals surface area (Å²) < 4.78 is 67.8. The van der Waals surface area contributed by atoms with Crippen molar-refractivity contribution in [3.63, 3.8) is 0 Å². The maximum Gasteiger partial charge on any atom is 0.416 e. The Morgan fingerprint density at radius 3 is 1.98 bits per heavy atom. The number of aryl methyl sites for hydroxylation is 1. The molecule has 0 aliphatic heterocycles. The second kappa shape index (κ2) is 12.0. The van der Waals surface area contributed by atoms with E-state index in [0.29, 0.717) is 17.0 Å². The maximum absolute atomic E-state index is 13.4. The summed E-state index contributed by atoms with van der Waals surface area (Å²) >= 11 is 0. The smallest absolute Gasteiger partial charge is 0.416 e. The molecule has 0 aliphatic rings. The average Bonchev–Trinajstić information content (AvgIpc) is 3.43. The van der Waals surface area contributed by atoms with Gasteiger partial charge in [-0.2, -0.15) is 18.2 Å². The molecule has 1 amide bonds. The molecule has 1 aromatic heterocycles. The monoisotopic (exact) mass is 621 g/mol. The summed E-state index contributed by atoms with van der Waals surface area (Å²) in [6.07, 6.45) is -3.08. The molecular formula is C32H26F3N3O5S. The number of aromatic nitrogens is 2. The lowest BCUT2D eigenvalue weighted by Crippen LogP contribution is -2.30. The molecule has 0 spiro atoms. The number of halogens is 3. The van der Waals surface area contributed by atoms with Crippen LogP contribution in [-0.2, 0) is 22.4 Å². The third-order valence-corrected chi connectivity index (χ3v) is 8.07. The molecule has 0 fully saturated rings. The van der Waals surface area contributed by atoms with Gasteiger partial charge in [0.15, 0.2) is 15.7 Å². The van der Waals surface area contributed by atoms with Crippen LogP contribution in [0.4, 0.5) is 13.2 Å². The van der Waals surface area contributed by atoms with Gasteiger partial charge in [-0.05, 0) is 71.1 Å². The molecule has 44 heavy (non-hydrogen) atoms. The van der Waals surface area contributed by atoms with Crippen molar-refractivity contribution in [2.24, 2.45) is 0 Å². The standard InChI is InChI=1S/C32H26F3N3O5S/c1-19-36-31(43-38-19)28(17-20-3-5-21(6-4-20)22-9-14-26(15-10-22)44(2,41)42)37-30(40)27-18-24(11-16-29(27)39)23-7-12-25(13-8-23)32(33,34)35/h3-16,18,28,39H,17H2,1-2H3,(H,37,40). The van der Waals surface area contributed by atoms with Gasteiger partial charge in [0.25, 0.3) is 5.91 Å². The minimum Gasteiger partial charge on any atom is -0.507 e. The van der Waals surface area contributed by atoms with Crippen molar-refractivity contribution in [1.29, 1.82) is 0 Å². The van der Waals surface area contributed by atoms with E-state index in [1.54, 1.807) is 31.2 Å². The zero-order valence-corrected chi connectivity index (χ0v) is 24.3. The molecule has 0 saturated heterocycles. The number of nitrogens with zero attached hydrogens (tertiary/aromatic N) is 2. The van der Waals surface area contributed by atoms with Gasteiger partial charge >= 0.3 is 6.18 Å². The van der Waals surface area contributed by atoms with Crippen molar-refractivity contribution in [3.05, 3.63) is 119 Å². The summed E-state index contributed by atoms with van der Waals surface area (Å²) in [6, 6.07) is 21.9. The molecule has 1 unspecified atom stereocenters. The Morgan fingerprint density at radius 2 is 1.43 bits per heavy atom. The van der Waals surface area contributed by atoms with Crippen LogP contribution in [0.25, 0.3) is 22.3 Å². The number of nitrogens with one attached hydrogen (secondary N) is 1.